The van der Waals surface area contributed by atoms with Crippen LogP contribution in [0.15, 0.2) is 10.6 Å². The Morgan fingerprint density at radius 3 is 2.76 bits per heavy atom. The third-order valence-electron chi connectivity index (χ3n) is 11.0. The second kappa shape index (κ2) is 9.44. The molecule has 5 atom stereocenters. The molecule has 1 saturated carbocycles. The van der Waals surface area contributed by atoms with Gasteiger partial charge >= 0.3 is 0 Å². The molecule has 42 heavy (non-hydrogen) atoms. The number of likely N-dealkylation sites (N-methyl/N-ethyl adjacent to an activating group) is 1. The van der Waals surface area contributed by atoms with E-state index in [1.54, 1.807) is 0 Å². The Labute approximate surface area is 246 Å². The lowest BCUT2D eigenvalue weighted by molar-refractivity contribution is -0.128. The fourth-order valence-electron chi connectivity index (χ4n) is 8.65. The molecule has 3 fully saturated rings. The van der Waals surface area contributed by atoms with Gasteiger partial charge in [-0.15, -0.1) is 0 Å². The van der Waals surface area contributed by atoms with Gasteiger partial charge in [0.1, 0.15) is 11.6 Å². The van der Waals surface area contributed by atoms with Crippen molar-refractivity contribution >= 4 is 28.7 Å². The van der Waals surface area contributed by atoms with Gasteiger partial charge in [0.25, 0.3) is 0 Å². The van der Waals surface area contributed by atoms with Crippen LogP contribution < -0.4 is 4.90 Å². The van der Waals surface area contributed by atoms with Gasteiger partial charge in [-0.2, -0.15) is 5.10 Å². The number of carbonyl (C=O) groups excluding carboxylic acids is 1. The number of piperidine rings is 1. The van der Waals surface area contributed by atoms with Crippen molar-refractivity contribution in [2.24, 2.45) is 0 Å². The summed E-state index contributed by atoms with van der Waals surface area (Å²) in [5.41, 5.74) is 1.95. The molecule has 2 aliphatic carbocycles. The molecule has 0 amide bonds. The minimum Gasteiger partial charge on any atom is -0.388 e. The van der Waals surface area contributed by atoms with Crippen LogP contribution in [0.1, 0.15) is 101 Å². The molecule has 3 aromatic rings. The van der Waals surface area contributed by atoms with Crippen molar-refractivity contribution in [1.29, 1.82) is 0 Å². The minimum atomic E-state index is -0.817. The standard InChI is InChI=1S/C32H41N7O3/c1-19(23-9-7-17-37(23)3)39-30-25-22(35-39)12-11-20-13-16-31(2,41)18-38(20)29(25)33-28(34-30)26-21-8-6-15-32(27(21)42-36-26)14-5-4-10-24(32)40/h11-12,19-20,23,41H,4-10,13-18H2,1-3H3/t19-,20-,23-,31+,32+/m0/s1. The summed E-state index contributed by atoms with van der Waals surface area (Å²) in [6, 6.07) is 0.605. The van der Waals surface area contributed by atoms with Crippen molar-refractivity contribution in [2.75, 3.05) is 25.0 Å². The number of ketones is 1. The smallest absolute Gasteiger partial charge is 0.186 e. The number of fused-ring (bicyclic) bond motifs is 4. The van der Waals surface area contributed by atoms with E-state index in [1.165, 1.54) is 6.42 Å². The number of rotatable bonds is 3. The van der Waals surface area contributed by atoms with Crippen LogP contribution >= 0.6 is 0 Å². The van der Waals surface area contributed by atoms with Gasteiger partial charge in [0.05, 0.1) is 28.1 Å². The van der Waals surface area contributed by atoms with Crippen LogP contribution in [0.25, 0.3) is 28.6 Å². The molecule has 5 aliphatic rings. The Bertz CT molecular complexity index is 1600. The zero-order valence-corrected chi connectivity index (χ0v) is 25.0. The first kappa shape index (κ1) is 26.5. The first-order valence-corrected chi connectivity index (χ1v) is 16.0. The summed E-state index contributed by atoms with van der Waals surface area (Å²) >= 11 is 0. The van der Waals surface area contributed by atoms with Gasteiger partial charge in [-0.05, 0) is 91.3 Å². The molecule has 3 aromatic heterocycles. The highest BCUT2D eigenvalue weighted by Gasteiger charge is 2.49. The highest BCUT2D eigenvalue weighted by molar-refractivity contribution is 5.97. The molecular weight excluding hydrogens is 530 g/mol. The summed E-state index contributed by atoms with van der Waals surface area (Å²) in [6.07, 6.45) is 14.2. The summed E-state index contributed by atoms with van der Waals surface area (Å²) in [6.45, 7) is 5.72. The maximum atomic E-state index is 13.3. The van der Waals surface area contributed by atoms with E-state index in [-0.39, 0.29) is 12.1 Å². The first-order chi connectivity index (χ1) is 20.3. The van der Waals surface area contributed by atoms with Crippen LogP contribution in [0, 0.1) is 0 Å². The highest BCUT2D eigenvalue weighted by atomic mass is 16.5. The largest absolute Gasteiger partial charge is 0.388 e. The predicted octanol–water partition coefficient (Wildman–Crippen LogP) is 4.60. The van der Waals surface area contributed by atoms with Gasteiger partial charge in [0.2, 0.25) is 0 Å². The molecule has 1 N–H and O–H groups in total. The second-order valence-electron chi connectivity index (χ2n) is 13.8. The highest BCUT2D eigenvalue weighted by Crippen LogP contribution is 2.48. The van der Waals surface area contributed by atoms with E-state index in [4.69, 9.17) is 19.6 Å². The monoisotopic (exact) mass is 571 g/mol. The lowest BCUT2D eigenvalue weighted by atomic mass is 9.64. The van der Waals surface area contributed by atoms with Crippen LogP contribution in [0.4, 0.5) is 5.82 Å². The Balaban J connectivity index is 1.33. The van der Waals surface area contributed by atoms with E-state index >= 15 is 0 Å². The van der Waals surface area contributed by atoms with Gasteiger partial charge in [0, 0.05) is 30.6 Å². The Hall–Kier alpha value is -3.11. The van der Waals surface area contributed by atoms with Crippen molar-refractivity contribution in [3.63, 3.8) is 0 Å². The Kier molecular flexibility index (Phi) is 5.96. The third-order valence-corrected chi connectivity index (χ3v) is 11.0. The normalized spacial score (nSPS) is 31.9. The fraction of sp³-hybridized carbons (Fsp3) is 0.656. The van der Waals surface area contributed by atoms with Gasteiger partial charge < -0.3 is 19.4 Å². The number of likely N-dealkylation sites (tertiary alicyclic amines) is 1. The van der Waals surface area contributed by atoms with E-state index in [0.29, 0.717) is 36.3 Å². The summed E-state index contributed by atoms with van der Waals surface area (Å²) < 4.78 is 8.20. The van der Waals surface area contributed by atoms with Gasteiger partial charge in [0.15, 0.2) is 22.9 Å². The van der Waals surface area contributed by atoms with Gasteiger partial charge in [-0.3, -0.25) is 4.79 Å². The Morgan fingerprint density at radius 1 is 1.10 bits per heavy atom. The van der Waals surface area contributed by atoms with Crippen molar-refractivity contribution in [3.8, 4) is 11.5 Å². The van der Waals surface area contributed by atoms with Crippen LogP contribution in [0.5, 0.6) is 0 Å². The molecule has 0 aromatic carbocycles. The average Bonchev–Trinajstić information content (AvgIpc) is 3.68. The SMILES string of the molecule is C[C@@H]([C@@H]1CCCN1C)n1nc2c3c(nc(-c4noc5c4CCC[C@@]54CCCCC4=O)nc31)N1C[C@](C)(O)CC[C@@H]1C=C2. The van der Waals surface area contributed by atoms with Crippen LogP contribution in [0.3, 0.4) is 0 Å². The van der Waals surface area contributed by atoms with Crippen LogP contribution in [-0.4, -0.2) is 78.5 Å². The quantitative estimate of drug-likeness (QED) is 0.482. The predicted molar refractivity (Wildman–Crippen MR) is 159 cm³/mol. The molecule has 6 heterocycles. The van der Waals surface area contributed by atoms with E-state index in [1.807, 2.05) is 6.92 Å². The fourth-order valence-corrected chi connectivity index (χ4v) is 8.65. The van der Waals surface area contributed by atoms with Crippen LogP contribution in [-0.2, 0) is 16.6 Å². The minimum absolute atomic E-state index is 0.117. The summed E-state index contributed by atoms with van der Waals surface area (Å²) in [4.78, 5) is 28.4. The molecule has 10 heteroatoms. The number of aliphatic hydroxyl groups is 1. The maximum absolute atomic E-state index is 13.3. The number of hydrogen-bond acceptors (Lipinski definition) is 9. The molecule has 10 nitrogen and oxygen atoms in total. The summed E-state index contributed by atoms with van der Waals surface area (Å²) in [5.74, 6) is 2.36. The third kappa shape index (κ3) is 3.86. The molecule has 0 bridgehead atoms. The number of carbonyl (C=O) groups is 1. The average molecular weight is 572 g/mol. The first-order valence-electron chi connectivity index (χ1n) is 16.0. The van der Waals surface area contributed by atoms with E-state index in [0.717, 1.165) is 98.2 Å². The zero-order valence-electron chi connectivity index (χ0n) is 25.0. The van der Waals surface area contributed by atoms with Crippen molar-refractivity contribution in [2.45, 2.75) is 114 Å². The second-order valence-corrected chi connectivity index (χ2v) is 13.8. The lowest BCUT2D eigenvalue weighted by Crippen LogP contribution is -2.51. The number of Topliss-reactive ketones (excluding diaryl/α,β-unsaturated/α-hetero) is 1. The Morgan fingerprint density at radius 2 is 1.95 bits per heavy atom. The maximum Gasteiger partial charge on any atom is 0.186 e. The van der Waals surface area contributed by atoms with Gasteiger partial charge in [-0.25, -0.2) is 14.6 Å². The van der Waals surface area contributed by atoms with Crippen molar-refractivity contribution < 1.29 is 14.4 Å². The number of hydrogen-bond donors (Lipinski definition) is 1. The van der Waals surface area contributed by atoms with Crippen LogP contribution in [0.2, 0.25) is 0 Å². The summed E-state index contributed by atoms with van der Waals surface area (Å²) in [7, 11) is 2.19. The molecule has 2 saturated heterocycles. The van der Waals surface area contributed by atoms with E-state index in [2.05, 4.69) is 45.8 Å². The molecule has 0 radical (unpaired) electrons. The molecule has 8 rings (SSSR count). The van der Waals surface area contributed by atoms with Crippen molar-refractivity contribution in [1.82, 2.24) is 29.8 Å². The number of aromatic nitrogens is 5. The topological polar surface area (TPSA) is 113 Å². The zero-order chi connectivity index (χ0) is 28.8. The molecular formula is C32H41N7O3. The lowest BCUT2D eigenvalue weighted by Gasteiger charge is -2.42. The van der Waals surface area contributed by atoms with Gasteiger partial charge in [-0.1, -0.05) is 17.7 Å². The van der Waals surface area contributed by atoms with Crippen molar-refractivity contribution in [3.05, 3.63) is 23.1 Å². The molecule has 222 valence electrons. The molecule has 1 spiro atoms. The number of nitrogens with zero attached hydrogens (tertiary/aromatic N) is 7. The van der Waals surface area contributed by atoms with E-state index in [9.17, 15) is 9.90 Å². The molecule has 3 aliphatic heterocycles. The van der Waals surface area contributed by atoms with E-state index < -0.39 is 11.0 Å². The molecule has 0 unspecified atom stereocenters. The summed E-state index contributed by atoms with van der Waals surface area (Å²) in [5, 5.41) is 21.9. The number of anilines is 1.